The highest BCUT2D eigenvalue weighted by Crippen LogP contribution is 2.32. The van der Waals surface area contributed by atoms with Crippen molar-refractivity contribution in [3.63, 3.8) is 0 Å². The van der Waals surface area contributed by atoms with Gasteiger partial charge in [-0.05, 0) is 30.7 Å². The van der Waals surface area contributed by atoms with Crippen molar-refractivity contribution < 1.29 is 14.4 Å². The second-order valence-electron chi connectivity index (χ2n) is 6.40. The number of carbonyl (C=O) groups is 3. The molecule has 1 rings (SSSR count). The smallest absolute Gasteiger partial charge is 0.246 e. The zero-order valence-corrected chi connectivity index (χ0v) is 12.6. The molecule has 0 aliphatic carbocycles. The number of rotatable bonds is 5. The van der Waals surface area contributed by atoms with E-state index in [0.717, 1.165) is 12.8 Å². The first kappa shape index (κ1) is 16.6. The van der Waals surface area contributed by atoms with Gasteiger partial charge in [0, 0.05) is 6.42 Å². The van der Waals surface area contributed by atoms with Crippen molar-refractivity contribution in [2.75, 3.05) is 19.6 Å². The molecule has 0 aromatic carbocycles. The molecule has 114 valence electrons. The molecule has 1 saturated heterocycles. The molecule has 1 aliphatic heterocycles. The highest BCUT2D eigenvalue weighted by molar-refractivity contribution is 6.02. The Bertz CT molecular complexity index is 372. The molecule has 0 aromatic heterocycles. The minimum absolute atomic E-state index is 0.0261. The van der Waals surface area contributed by atoms with Gasteiger partial charge in [-0.1, -0.05) is 20.8 Å². The van der Waals surface area contributed by atoms with Gasteiger partial charge in [0.15, 0.2) is 0 Å². The molecule has 1 heterocycles. The van der Waals surface area contributed by atoms with Crippen molar-refractivity contribution in [2.24, 2.45) is 17.1 Å². The average molecular weight is 283 g/mol. The first-order chi connectivity index (χ1) is 9.24. The van der Waals surface area contributed by atoms with E-state index >= 15 is 0 Å². The number of amides is 3. The van der Waals surface area contributed by atoms with Crippen LogP contribution in [-0.2, 0) is 14.4 Å². The molecule has 20 heavy (non-hydrogen) atoms. The van der Waals surface area contributed by atoms with E-state index in [1.165, 1.54) is 4.90 Å². The summed E-state index contributed by atoms with van der Waals surface area (Å²) in [5.74, 6) is -0.613. The standard InChI is InChI=1S/C14H25N3O3/c1-14(2,3)10(6-7-15)4-5-13(20)17-8-11(18)16-12(19)9-17/h10H,4-9,15H2,1-3H3,(H,16,18,19). The van der Waals surface area contributed by atoms with Gasteiger partial charge in [0.25, 0.3) is 0 Å². The van der Waals surface area contributed by atoms with Crippen LogP contribution in [-0.4, -0.2) is 42.3 Å². The van der Waals surface area contributed by atoms with Gasteiger partial charge in [-0.15, -0.1) is 0 Å². The van der Waals surface area contributed by atoms with E-state index in [4.69, 9.17) is 5.73 Å². The van der Waals surface area contributed by atoms with Crippen molar-refractivity contribution in [1.82, 2.24) is 10.2 Å². The van der Waals surface area contributed by atoms with Crippen LogP contribution >= 0.6 is 0 Å². The zero-order chi connectivity index (χ0) is 15.3. The lowest BCUT2D eigenvalue weighted by Gasteiger charge is -2.31. The maximum absolute atomic E-state index is 12.1. The monoisotopic (exact) mass is 283 g/mol. The van der Waals surface area contributed by atoms with Gasteiger partial charge in [0.05, 0.1) is 0 Å². The molecule has 1 atom stereocenters. The lowest BCUT2D eigenvalue weighted by Crippen LogP contribution is -2.53. The Labute approximate surface area is 120 Å². The van der Waals surface area contributed by atoms with Crippen LogP contribution in [0.15, 0.2) is 0 Å². The fourth-order valence-electron chi connectivity index (χ4n) is 2.48. The van der Waals surface area contributed by atoms with Gasteiger partial charge in [0.1, 0.15) is 13.1 Å². The number of nitrogens with one attached hydrogen (secondary N) is 1. The number of nitrogens with zero attached hydrogens (tertiary/aromatic N) is 1. The Morgan fingerprint density at radius 3 is 2.25 bits per heavy atom. The summed E-state index contributed by atoms with van der Waals surface area (Å²) < 4.78 is 0. The quantitative estimate of drug-likeness (QED) is 0.708. The molecule has 6 nitrogen and oxygen atoms in total. The number of carbonyl (C=O) groups excluding carboxylic acids is 3. The second-order valence-corrected chi connectivity index (χ2v) is 6.40. The lowest BCUT2D eigenvalue weighted by atomic mass is 9.76. The van der Waals surface area contributed by atoms with E-state index in [9.17, 15) is 14.4 Å². The third-order valence-corrected chi connectivity index (χ3v) is 3.75. The van der Waals surface area contributed by atoms with Crippen LogP contribution < -0.4 is 11.1 Å². The summed E-state index contributed by atoms with van der Waals surface area (Å²) in [7, 11) is 0. The number of nitrogens with two attached hydrogens (primary N) is 1. The molecule has 0 saturated carbocycles. The van der Waals surface area contributed by atoms with Crippen LogP contribution in [0.2, 0.25) is 0 Å². The fraction of sp³-hybridized carbons (Fsp3) is 0.786. The van der Waals surface area contributed by atoms with Crippen LogP contribution in [0.3, 0.4) is 0 Å². The van der Waals surface area contributed by atoms with Crippen LogP contribution in [0.5, 0.6) is 0 Å². The fourth-order valence-corrected chi connectivity index (χ4v) is 2.48. The van der Waals surface area contributed by atoms with Gasteiger partial charge in [0.2, 0.25) is 17.7 Å². The number of imide groups is 1. The van der Waals surface area contributed by atoms with Crippen molar-refractivity contribution >= 4 is 17.7 Å². The van der Waals surface area contributed by atoms with Crippen molar-refractivity contribution in [1.29, 1.82) is 0 Å². The Hall–Kier alpha value is -1.43. The minimum Gasteiger partial charge on any atom is -0.330 e. The van der Waals surface area contributed by atoms with Crippen molar-refractivity contribution in [3.8, 4) is 0 Å². The number of piperazine rings is 1. The summed E-state index contributed by atoms with van der Waals surface area (Å²) >= 11 is 0. The van der Waals surface area contributed by atoms with Gasteiger partial charge < -0.3 is 10.6 Å². The minimum atomic E-state index is -0.413. The first-order valence-electron chi connectivity index (χ1n) is 7.04. The summed E-state index contributed by atoms with van der Waals surface area (Å²) in [5, 5.41) is 2.19. The Kier molecular flexibility index (Phi) is 5.68. The lowest BCUT2D eigenvalue weighted by molar-refractivity contribution is -0.145. The van der Waals surface area contributed by atoms with Crippen molar-refractivity contribution in [2.45, 2.75) is 40.0 Å². The van der Waals surface area contributed by atoms with Gasteiger partial charge in [-0.25, -0.2) is 0 Å². The molecule has 1 unspecified atom stereocenters. The molecule has 6 heteroatoms. The van der Waals surface area contributed by atoms with Crippen LogP contribution in [0.1, 0.15) is 40.0 Å². The van der Waals surface area contributed by atoms with Gasteiger partial charge >= 0.3 is 0 Å². The molecule has 0 aromatic rings. The maximum atomic E-state index is 12.1. The first-order valence-corrected chi connectivity index (χ1v) is 7.04. The van der Waals surface area contributed by atoms with E-state index in [0.29, 0.717) is 18.9 Å². The van der Waals surface area contributed by atoms with E-state index in [-0.39, 0.29) is 24.4 Å². The zero-order valence-electron chi connectivity index (χ0n) is 12.6. The molecule has 3 N–H and O–H groups in total. The number of hydrogen-bond donors (Lipinski definition) is 2. The third-order valence-electron chi connectivity index (χ3n) is 3.75. The third kappa shape index (κ3) is 4.92. The summed E-state index contributed by atoms with van der Waals surface area (Å²) in [6, 6.07) is 0. The van der Waals surface area contributed by atoms with E-state index in [1.807, 2.05) is 0 Å². The topological polar surface area (TPSA) is 92.5 Å². The van der Waals surface area contributed by atoms with Gasteiger partial charge in [-0.2, -0.15) is 0 Å². The largest absolute Gasteiger partial charge is 0.330 e. The SMILES string of the molecule is CC(C)(C)C(CCN)CCC(=O)N1CC(=O)NC(=O)C1. The highest BCUT2D eigenvalue weighted by atomic mass is 16.2. The van der Waals surface area contributed by atoms with E-state index in [1.54, 1.807) is 0 Å². The average Bonchev–Trinajstić information content (AvgIpc) is 2.31. The van der Waals surface area contributed by atoms with Crippen molar-refractivity contribution in [3.05, 3.63) is 0 Å². The van der Waals surface area contributed by atoms with E-state index < -0.39 is 11.8 Å². The molecule has 3 amide bonds. The normalized spacial score (nSPS) is 17.9. The molecule has 0 spiro atoms. The molecule has 1 fully saturated rings. The Morgan fingerprint density at radius 1 is 1.25 bits per heavy atom. The molecule has 0 bridgehead atoms. The Morgan fingerprint density at radius 2 is 1.80 bits per heavy atom. The maximum Gasteiger partial charge on any atom is 0.246 e. The summed E-state index contributed by atoms with van der Waals surface area (Å²) in [6.45, 7) is 6.95. The highest BCUT2D eigenvalue weighted by Gasteiger charge is 2.28. The predicted molar refractivity (Wildman–Crippen MR) is 75.6 cm³/mol. The van der Waals surface area contributed by atoms with Crippen LogP contribution in [0.25, 0.3) is 0 Å². The molecule has 1 aliphatic rings. The second kappa shape index (κ2) is 6.83. The molecular formula is C14H25N3O3. The molecular weight excluding hydrogens is 258 g/mol. The molecule has 0 radical (unpaired) electrons. The van der Waals surface area contributed by atoms with Crippen LogP contribution in [0.4, 0.5) is 0 Å². The van der Waals surface area contributed by atoms with Gasteiger partial charge in [-0.3, -0.25) is 19.7 Å². The number of hydrogen-bond acceptors (Lipinski definition) is 4. The summed E-state index contributed by atoms with van der Waals surface area (Å²) in [4.78, 5) is 35.9. The Balaban J connectivity index is 2.53. The van der Waals surface area contributed by atoms with Crippen LogP contribution in [0, 0.1) is 11.3 Å². The summed E-state index contributed by atoms with van der Waals surface area (Å²) in [6.07, 6.45) is 1.95. The van der Waals surface area contributed by atoms with E-state index in [2.05, 4.69) is 26.1 Å². The summed E-state index contributed by atoms with van der Waals surface area (Å²) in [5.41, 5.74) is 5.71. The predicted octanol–water partition coefficient (Wildman–Crippen LogP) is 0.263.